The molecule has 0 unspecified atom stereocenters. The molecule has 9 heteroatoms. The molecule has 2 aromatic heterocycles. The van der Waals surface area contributed by atoms with Gasteiger partial charge in [-0.25, -0.2) is 5.10 Å². The van der Waals surface area contributed by atoms with Crippen molar-refractivity contribution >= 4 is 29.3 Å². The molecule has 0 saturated carbocycles. The fourth-order valence-electron chi connectivity index (χ4n) is 3.13. The van der Waals surface area contributed by atoms with Gasteiger partial charge in [0.2, 0.25) is 4.77 Å². The third kappa shape index (κ3) is 3.81. The summed E-state index contributed by atoms with van der Waals surface area (Å²) in [6.45, 7) is -0.762. The third-order valence-corrected chi connectivity index (χ3v) is 4.78. The number of benzene rings is 2. The molecule has 29 heavy (non-hydrogen) atoms. The van der Waals surface area contributed by atoms with Gasteiger partial charge in [0, 0.05) is 28.2 Å². The zero-order valence-electron chi connectivity index (χ0n) is 15.4. The number of hydrogen-bond donors (Lipinski definition) is 2. The minimum atomic E-state index is -2.87. The van der Waals surface area contributed by atoms with Crippen LogP contribution in [0.2, 0.25) is 0 Å². The standard InChI is InChI=1S/C20H17F2N5OS/c1-2-12-4-3-5-16-14(10-23-17(12)16)11-24-27-18(25-26-20(27)29)13-6-8-15(9-7-13)28-19(21)22/h3-11,19,23H,2H2,1H3,(H,26,29)/b24-11+. The molecule has 2 N–H and O–H groups in total. The quantitative estimate of drug-likeness (QED) is 0.340. The number of nitrogens with one attached hydrogen (secondary N) is 2. The normalized spacial score (nSPS) is 11.7. The first-order chi connectivity index (χ1) is 14.1. The highest BCUT2D eigenvalue weighted by Gasteiger charge is 2.11. The van der Waals surface area contributed by atoms with E-state index in [-0.39, 0.29) is 5.75 Å². The van der Waals surface area contributed by atoms with E-state index in [4.69, 9.17) is 12.2 Å². The van der Waals surface area contributed by atoms with Crippen LogP contribution in [-0.4, -0.2) is 32.7 Å². The lowest BCUT2D eigenvalue weighted by molar-refractivity contribution is -0.0498. The maximum Gasteiger partial charge on any atom is 0.387 e. The molecule has 0 fully saturated rings. The molecule has 0 bridgehead atoms. The number of nitrogens with zero attached hydrogens (tertiary/aromatic N) is 3. The molecule has 2 heterocycles. The zero-order valence-corrected chi connectivity index (χ0v) is 16.2. The van der Waals surface area contributed by atoms with Gasteiger partial charge < -0.3 is 9.72 Å². The third-order valence-electron chi connectivity index (χ3n) is 4.52. The second-order valence-electron chi connectivity index (χ2n) is 6.25. The topological polar surface area (TPSA) is 71.0 Å². The van der Waals surface area contributed by atoms with Crippen LogP contribution in [0.3, 0.4) is 0 Å². The number of alkyl halides is 2. The van der Waals surface area contributed by atoms with Gasteiger partial charge in [-0.05, 0) is 48.5 Å². The van der Waals surface area contributed by atoms with Crippen LogP contribution in [0.5, 0.6) is 5.75 Å². The number of H-pyrrole nitrogens is 2. The molecule has 0 spiro atoms. The fourth-order valence-corrected chi connectivity index (χ4v) is 3.31. The van der Waals surface area contributed by atoms with Gasteiger partial charge in [-0.15, -0.1) is 0 Å². The Hall–Kier alpha value is -3.33. The van der Waals surface area contributed by atoms with E-state index < -0.39 is 6.61 Å². The molecule has 0 aliphatic heterocycles. The van der Waals surface area contributed by atoms with Crippen LogP contribution in [0, 0.1) is 4.77 Å². The molecular weight excluding hydrogens is 396 g/mol. The number of halogens is 2. The number of hydrogen-bond acceptors (Lipinski definition) is 4. The van der Waals surface area contributed by atoms with Gasteiger partial charge in [0.1, 0.15) is 5.75 Å². The van der Waals surface area contributed by atoms with Gasteiger partial charge >= 0.3 is 6.61 Å². The van der Waals surface area contributed by atoms with Crippen molar-refractivity contribution in [3.63, 3.8) is 0 Å². The van der Waals surface area contributed by atoms with Crippen molar-refractivity contribution in [3.05, 3.63) is 64.6 Å². The van der Waals surface area contributed by atoms with E-state index >= 15 is 0 Å². The molecule has 0 aliphatic rings. The van der Waals surface area contributed by atoms with Crippen LogP contribution in [-0.2, 0) is 6.42 Å². The number of fused-ring (bicyclic) bond motifs is 1. The van der Waals surface area contributed by atoms with Crippen molar-refractivity contribution < 1.29 is 13.5 Å². The van der Waals surface area contributed by atoms with E-state index in [0.29, 0.717) is 16.2 Å². The summed E-state index contributed by atoms with van der Waals surface area (Å²) in [4.78, 5) is 3.30. The number of rotatable bonds is 6. The molecular formula is C20H17F2N5OS. The van der Waals surface area contributed by atoms with E-state index in [1.165, 1.54) is 22.4 Å². The SMILES string of the molecule is CCc1cccc2c(/C=N/n3c(-c4ccc(OC(F)F)cc4)n[nH]c3=S)c[nH]c12. The molecule has 4 rings (SSSR count). The number of aromatic amines is 2. The van der Waals surface area contributed by atoms with Gasteiger partial charge in [-0.1, -0.05) is 25.1 Å². The highest BCUT2D eigenvalue weighted by Crippen LogP contribution is 2.23. The first-order valence-corrected chi connectivity index (χ1v) is 9.33. The zero-order chi connectivity index (χ0) is 20.4. The van der Waals surface area contributed by atoms with Crippen molar-refractivity contribution in [1.29, 1.82) is 0 Å². The summed E-state index contributed by atoms with van der Waals surface area (Å²) >= 11 is 5.29. The van der Waals surface area contributed by atoms with Gasteiger partial charge in [-0.2, -0.15) is 23.7 Å². The summed E-state index contributed by atoms with van der Waals surface area (Å²) < 4.78 is 30.8. The van der Waals surface area contributed by atoms with Gasteiger partial charge in [-0.3, -0.25) is 0 Å². The van der Waals surface area contributed by atoms with Crippen LogP contribution < -0.4 is 4.74 Å². The highest BCUT2D eigenvalue weighted by atomic mass is 32.1. The molecule has 0 radical (unpaired) electrons. The molecule has 0 atom stereocenters. The predicted octanol–water partition coefficient (Wildman–Crippen LogP) is 5.13. The van der Waals surface area contributed by atoms with Crippen molar-refractivity contribution in [2.24, 2.45) is 5.10 Å². The Kier molecular flexibility index (Phi) is 5.22. The first-order valence-electron chi connectivity index (χ1n) is 8.93. The molecule has 4 aromatic rings. The van der Waals surface area contributed by atoms with Gasteiger partial charge in [0.15, 0.2) is 5.82 Å². The minimum Gasteiger partial charge on any atom is -0.435 e. The van der Waals surface area contributed by atoms with E-state index in [1.54, 1.807) is 18.3 Å². The lowest BCUT2D eigenvalue weighted by Gasteiger charge is -2.05. The summed E-state index contributed by atoms with van der Waals surface area (Å²) in [5.41, 5.74) is 3.89. The van der Waals surface area contributed by atoms with Crippen molar-refractivity contribution in [2.75, 3.05) is 0 Å². The molecule has 0 aliphatic carbocycles. The molecule has 2 aromatic carbocycles. The Bertz CT molecular complexity index is 1220. The Morgan fingerprint density at radius 2 is 2.03 bits per heavy atom. The largest absolute Gasteiger partial charge is 0.435 e. The summed E-state index contributed by atoms with van der Waals surface area (Å²) in [6.07, 6.45) is 4.53. The lowest BCUT2D eigenvalue weighted by atomic mass is 10.1. The maximum absolute atomic E-state index is 12.3. The lowest BCUT2D eigenvalue weighted by Crippen LogP contribution is -2.01. The number of para-hydroxylation sites is 1. The Morgan fingerprint density at radius 3 is 2.76 bits per heavy atom. The van der Waals surface area contributed by atoms with E-state index in [0.717, 1.165) is 22.9 Å². The van der Waals surface area contributed by atoms with Crippen molar-refractivity contribution in [3.8, 4) is 17.1 Å². The van der Waals surface area contributed by atoms with Crippen LogP contribution >= 0.6 is 12.2 Å². The molecule has 0 saturated heterocycles. The summed E-state index contributed by atoms with van der Waals surface area (Å²) in [6, 6.07) is 12.3. The molecule has 6 nitrogen and oxygen atoms in total. The second kappa shape index (κ2) is 7.96. The number of aryl methyl sites for hydroxylation is 1. The van der Waals surface area contributed by atoms with E-state index in [2.05, 4.69) is 38.0 Å². The number of ether oxygens (including phenoxy) is 1. The highest BCUT2D eigenvalue weighted by molar-refractivity contribution is 7.71. The van der Waals surface area contributed by atoms with Crippen LogP contribution in [0.1, 0.15) is 18.1 Å². The monoisotopic (exact) mass is 413 g/mol. The predicted molar refractivity (Wildman–Crippen MR) is 110 cm³/mol. The summed E-state index contributed by atoms with van der Waals surface area (Å²) in [5, 5.41) is 12.5. The van der Waals surface area contributed by atoms with Crippen molar-refractivity contribution in [2.45, 2.75) is 20.0 Å². The molecule has 0 amide bonds. The van der Waals surface area contributed by atoms with Gasteiger partial charge in [0.25, 0.3) is 0 Å². The van der Waals surface area contributed by atoms with Gasteiger partial charge in [0.05, 0.1) is 6.21 Å². The smallest absolute Gasteiger partial charge is 0.387 e. The average molecular weight is 413 g/mol. The summed E-state index contributed by atoms with van der Waals surface area (Å²) in [7, 11) is 0. The minimum absolute atomic E-state index is 0.0680. The Labute approximate surface area is 169 Å². The Morgan fingerprint density at radius 1 is 1.24 bits per heavy atom. The van der Waals surface area contributed by atoms with Crippen LogP contribution in [0.25, 0.3) is 22.3 Å². The summed E-state index contributed by atoms with van der Waals surface area (Å²) in [5.74, 6) is 0.530. The van der Waals surface area contributed by atoms with Crippen LogP contribution in [0.15, 0.2) is 53.8 Å². The second-order valence-corrected chi connectivity index (χ2v) is 6.64. The Balaban J connectivity index is 1.67. The number of aromatic nitrogens is 4. The van der Waals surface area contributed by atoms with E-state index in [1.807, 2.05) is 18.3 Å². The average Bonchev–Trinajstić information content (AvgIpc) is 3.30. The van der Waals surface area contributed by atoms with E-state index in [9.17, 15) is 8.78 Å². The molecule has 148 valence electrons. The first kappa shape index (κ1) is 19.0. The van der Waals surface area contributed by atoms with Crippen LogP contribution in [0.4, 0.5) is 8.78 Å². The van der Waals surface area contributed by atoms with Crippen molar-refractivity contribution in [1.82, 2.24) is 19.9 Å². The fraction of sp³-hybridized carbons (Fsp3) is 0.150. The maximum atomic E-state index is 12.3.